The number of anilines is 1. The molecule has 1 saturated heterocycles. The number of phenols is 1. The zero-order chi connectivity index (χ0) is 14.9. The van der Waals surface area contributed by atoms with Crippen molar-refractivity contribution in [3.8, 4) is 5.75 Å². The molecular weight excluding hydrogens is 296 g/mol. The number of rotatable bonds is 3. The van der Waals surface area contributed by atoms with E-state index in [-0.39, 0.29) is 11.8 Å². The topological polar surface area (TPSA) is 83.6 Å². The van der Waals surface area contributed by atoms with Gasteiger partial charge in [-0.05, 0) is 13.0 Å². The SMILES string of the molecule is CC(N)c1ccc(N2CCSCC2S(C)(=O)=O)cc1O. The minimum atomic E-state index is -3.16. The van der Waals surface area contributed by atoms with Gasteiger partial charge in [-0.2, -0.15) is 11.8 Å². The molecule has 0 aliphatic carbocycles. The van der Waals surface area contributed by atoms with E-state index in [0.717, 1.165) is 11.4 Å². The Morgan fingerprint density at radius 3 is 2.75 bits per heavy atom. The molecule has 1 aromatic rings. The van der Waals surface area contributed by atoms with Crippen LogP contribution in [0.15, 0.2) is 18.2 Å². The van der Waals surface area contributed by atoms with E-state index in [1.807, 2.05) is 11.0 Å². The number of nitrogens with zero attached hydrogens (tertiary/aromatic N) is 1. The van der Waals surface area contributed by atoms with Crippen molar-refractivity contribution < 1.29 is 13.5 Å². The van der Waals surface area contributed by atoms with Crippen molar-refractivity contribution in [2.75, 3.05) is 29.2 Å². The molecule has 2 atom stereocenters. The standard InChI is InChI=1S/C13H20N2O3S2/c1-9(14)11-4-3-10(7-12(11)16)15-5-6-19-8-13(15)20(2,17)18/h3-4,7,9,13,16H,5-6,8,14H2,1-2H3. The Morgan fingerprint density at radius 1 is 1.50 bits per heavy atom. The third-order valence-corrected chi connectivity index (χ3v) is 6.06. The van der Waals surface area contributed by atoms with Gasteiger partial charge >= 0.3 is 0 Å². The van der Waals surface area contributed by atoms with Crippen molar-refractivity contribution >= 4 is 27.3 Å². The van der Waals surface area contributed by atoms with Gasteiger partial charge in [-0.15, -0.1) is 0 Å². The fourth-order valence-corrected chi connectivity index (χ4v) is 5.17. The molecule has 0 radical (unpaired) electrons. The van der Waals surface area contributed by atoms with Crippen LogP contribution in [0.3, 0.4) is 0 Å². The van der Waals surface area contributed by atoms with E-state index in [2.05, 4.69) is 0 Å². The molecule has 112 valence electrons. The van der Waals surface area contributed by atoms with Crippen LogP contribution in [0.25, 0.3) is 0 Å². The molecule has 0 saturated carbocycles. The van der Waals surface area contributed by atoms with Crippen molar-refractivity contribution in [1.82, 2.24) is 0 Å². The first-order valence-electron chi connectivity index (χ1n) is 6.42. The van der Waals surface area contributed by atoms with Crippen LogP contribution in [0.2, 0.25) is 0 Å². The van der Waals surface area contributed by atoms with Gasteiger partial charge in [0.25, 0.3) is 0 Å². The predicted octanol–water partition coefficient (Wildman–Crippen LogP) is 1.34. The number of aromatic hydroxyl groups is 1. The molecule has 2 unspecified atom stereocenters. The van der Waals surface area contributed by atoms with E-state index in [1.54, 1.807) is 30.8 Å². The Hall–Kier alpha value is -0.920. The normalized spacial score (nSPS) is 21.8. The molecule has 0 amide bonds. The van der Waals surface area contributed by atoms with Crippen LogP contribution >= 0.6 is 11.8 Å². The second-order valence-corrected chi connectivity index (χ2v) is 8.44. The Balaban J connectivity index is 2.36. The molecule has 1 heterocycles. The van der Waals surface area contributed by atoms with Gasteiger partial charge in [0.1, 0.15) is 11.1 Å². The summed E-state index contributed by atoms with van der Waals surface area (Å²) < 4.78 is 23.8. The number of benzene rings is 1. The molecule has 2 rings (SSSR count). The molecular formula is C13H20N2O3S2. The number of hydrogen-bond donors (Lipinski definition) is 2. The number of sulfone groups is 1. The van der Waals surface area contributed by atoms with Gasteiger partial charge in [-0.3, -0.25) is 0 Å². The highest BCUT2D eigenvalue weighted by atomic mass is 32.2. The number of phenolic OH excluding ortho intramolecular Hbond substituents is 1. The van der Waals surface area contributed by atoms with Crippen LogP contribution in [0.4, 0.5) is 5.69 Å². The van der Waals surface area contributed by atoms with Crippen LogP contribution in [0.5, 0.6) is 5.75 Å². The summed E-state index contributed by atoms with van der Waals surface area (Å²) >= 11 is 1.64. The maximum atomic E-state index is 11.9. The summed E-state index contributed by atoms with van der Waals surface area (Å²) in [6, 6.07) is 4.93. The lowest BCUT2D eigenvalue weighted by Crippen LogP contribution is -2.47. The van der Waals surface area contributed by atoms with Gasteiger partial charge < -0.3 is 15.7 Å². The van der Waals surface area contributed by atoms with Crippen LogP contribution in [-0.2, 0) is 9.84 Å². The van der Waals surface area contributed by atoms with E-state index in [9.17, 15) is 13.5 Å². The molecule has 1 fully saturated rings. The summed E-state index contributed by atoms with van der Waals surface area (Å²) in [4.78, 5) is 1.84. The molecule has 20 heavy (non-hydrogen) atoms. The highest BCUT2D eigenvalue weighted by Crippen LogP contribution is 2.32. The zero-order valence-corrected chi connectivity index (χ0v) is 13.2. The van der Waals surface area contributed by atoms with Gasteiger partial charge in [-0.25, -0.2) is 8.42 Å². The zero-order valence-electron chi connectivity index (χ0n) is 11.6. The van der Waals surface area contributed by atoms with Gasteiger partial charge in [0, 0.05) is 47.7 Å². The van der Waals surface area contributed by atoms with Crippen molar-refractivity contribution in [3.63, 3.8) is 0 Å². The van der Waals surface area contributed by atoms with Crippen LogP contribution in [0.1, 0.15) is 18.5 Å². The first-order valence-corrected chi connectivity index (χ1v) is 9.53. The molecule has 5 nitrogen and oxygen atoms in total. The Kier molecular flexibility index (Phi) is 4.51. The van der Waals surface area contributed by atoms with Crippen LogP contribution in [0, 0.1) is 0 Å². The van der Waals surface area contributed by atoms with Crippen LogP contribution in [-0.4, -0.2) is 43.2 Å². The average molecular weight is 316 g/mol. The van der Waals surface area contributed by atoms with E-state index >= 15 is 0 Å². The number of thioether (sulfide) groups is 1. The van der Waals surface area contributed by atoms with Gasteiger partial charge in [0.15, 0.2) is 9.84 Å². The minimum Gasteiger partial charge on any atom is -0.508 e. The first kappa shape index (κ1) is 15.5. The monoisotopic (exact) mass is 316 g/mol. The summed E-state index contributed by atoms with van der Waals surface area (Å²) in [6.45, 7) is 2.45. The average Bonchev–Trinajstić information content (AvgIpc) is 2.37. The largest absolute Gasteiger partial charge is 0.508 e. The van der Waals surface area contributed by atoms with Crippen molar-refractivity contribution in [3.05, 3.63) is 23.8 Å². The fraction of sp³-hybridized carbons (Fsp3) is 0.538. The first-order chi connectivity index (χ1) is 9.30. The number of nitrogens with two attached hydrogens (primary N) is 1. The van der Waals surface area contributed by atoms with E-state index in [1.165, 1.54) is 6.26 Å². The van der Waals surface area contributed by atoms with E-state index < -0.39 is 15.2 Å². The molecule has 7 heteroatoms. The number of hydrogen-bond acceptors (Lipinski definition) is 6. The maximum Gasteiger partial charge on any atom is 0.169 e. The lowest BCUT2D eigenvalue weighted by atomic mass is 10.1. The van der Waals surface area contributed by atoms with Gasteiger partial charge in [0.2, 0.25) is 0 Å². The highest BCUT2D eigenvalue weighted by molar-refractivity contribution is 8.01. The third-order valence-electron chi connectivity index (χ3n) is 3.42. The molecule has 0 aromatic heterocycles. The Morgan fingerprint density at radius 2 is 2.20 bits per heavy atom. The molecule has 0 spiro atoms. The molecule has 3 N–H and O–H groups in total. The van der Waals surface area contributed by atoms with E-state index in [0.29, 0.717) is 17.9 Å². The molecule has 0 bridgehead atoms. The quantitative estimate of drug-likeness (QED) is 0.875. The Bertz CT molecular complexity index is 587. The third kappa shape index (κ3) is 3.21. The summed E-state index contributed by atoms with van der Waals surface area (Å²) in [5.74, 6) is 1.54. The lowest BCUT2D eigenvalue weighted by Gasteiger charge is -2.36. The molecule has 1 aliphatic heterocycles. The van der Waals surface area contributed by atoms with Gasteiger partial charge in [0.05, 0.1) is 0 Å². The molecule has 1 aliphatic rings. The van der Waals surface area contributed by atoms with Crippen molar-refractivity contribution in [1.29, 1.82) is 0 Å². The second-order valence-electron chi connectivity index (χ2n) is 5.08. The van der Waals surface area contributed by atoms with Gasteiger partial charge in [-0.1, -0.05) is 6.07 Å². The lowest BCUT2D eigenvalue weighted by molar-refractivity contribution is 0.463. The minimum absolute atomic E-state index is 0.114. The predicted molar refractivity (Wildman–Crippen MR) is 84.0 cm³/mol. The summed E-state index contributed by atoms with van der Waals surface area (Å²) in [5, 5.41) is 9.48. The van der Waals surface area contributed by atoms with E-state index in [4.69, 9.17) is 5.73 Å². The molecule has 1 aromatic carbocycles. The summed E-state index contributed by atoms with van der Waals surface area (Å²) in [6.07, 6.45) is 1.26. The second kappa shape index (κ2) is 5.83. The van der Waals surface area contributed by atoms with Crippen LogP contribution < -0.4 is 10.6 Å². The maximum absolute atomic E-state index is 11.9. The summed E-state index contributed by atoms with van der Waals surface area (Å²) in [5.41, 5.74) is 7.15. The Labute approximate surface area is 124 Å². The smallest absolute Gasteiger partial charge is 0.169 e. The van der Waals surface area contributed by atoms with Crippen molar-refractivity contribution in [2.45, 2.75) is 18.3 Å². The van der Waals surface area contributed by atoms with Crippen molar-refractivity contribution in [2.24, 2.45) is 5.73 Å². The summed E-state index contributed by atoms with van der Waals surface area (Å²) in [7, 11) is -3.16. The fourth-order valence-electron chi connectivity index (χ4n) is 2.33. The highest BCUT2D eigenvalue weighted by Gasteiger charge is 2.31.